The summed E-state index contributed by atoms with van der Waals surface area (Å²) in [6.07, 6.45) is 2.40. The number of likely N-dealkylation sites (tertiary alicyclic amines) is 1. The number of urea groups is 1. The third-order valence-electron chi connectivity index (χ3n) is 4.80. The van der Waals surface area contributed by atoms with E-state index in [2.05, 4.69) is 53.4 Å². The van der Waals surface area contributed by atoms with E-state index in [1.165, 1.54) is 11.0 Å². The Labute approximate surface area is 202 Å². The number of carbonyl (C=O) groups excluding carboxylic acids is 1. The highest BCUT2D eigenvalue weighted by Crippen LogP contribution is 2.27. The quantitative estimate of drug-likeness (QED) is 0.448. The lowest BCUT2D eigenvalue weighted by atomic mass is 10.2. The summed E-state index contributed by atoms with van der Waals surface area (Å²) in [6, 6.07) is 12.0. The van der Waals surface area contributed by atoms with E-state index in [0.29, 0.717) is 26.6 Å². The number of carbonyl (C=O) groups is 1. The molecule has 166 valence electrons. The van der Waals surface area contributed by atoms with Crippen LogP contribution in [0.15, 0.2) is 56.3 Å². The van der Waals surface area contributed by atoms with Crippen LogP contribution < -0.4 is 15.4 Å². The van der Waals surface area contributed by atoms with Gasteiger partial charge in [0.15, 0.2) is 6.19 Å². The fourth-order valence-electron chi connectivity index (χ4n) is 3.34. The molecule has 1 aliphatic rings. The fraction of sp³-hybridized carbons (Fsp3) is 0.250. The number of nitrogens with one attached hydrogen (secondary N) is 3. The van der Waals surface area contributed by atoms with Gasteiger partial charge in [-0.3, -0.25) is 0 Å². The summed E-state index contributed by atoms with van der Waals surface area (Å²) in [5.41, 5.74) is 0.886. The zero-order chi connectivity index (χ0) is 23.3. The Morgan fingerprint density at radius 3 is 2.69 bits per heavy atom. The summed E-state index contributed by atoms with van der Waals surface area (Å²) in [4.78, 5) is 13.7. The number of hydrogen-bond donors (Lipinski definition) is 3. The van der Waals surface area contributed by atoms with Crippen LogP contribution in [0.25, 0.3) is 0 Å². The lowest BCUT2D eigenvalue weighted by molar-refractivity contribution is 0.248. The van der Waals surface area contributed by atoms with E-state index >= 15 is 0 Å². The van der Waals surface area contributed by atoms with Gasteiger partial charge in [-0.25, -0.2) is 17.9 Å². The van der Waals surface area contributed by atoms with Gasteiger partial charge in [0.1, 0.15) is 0 Å². The van der Waals surface area contributed by atoms with Crippen molar-refractivity contribution >= 4 is 53.6 Å². The number of anilines is 1. The minimum atomic E-state index is -3.82. The molecule has 2 atom stereocenters. The number of benzene rings is 2. The molecule has 1 aliphatic heterocycles. The zero-order valence-corrected chi connectivity index (χ0v) is 20.5. The molecule has 1 fully saturated rings. The molecular formula is C20H18Br2N6O3S. The highest BCUT2D eigenvalue weighted by molar-refractivity contribution is 9.11. The molecule has 3 N–H and O–H groups in total. The van der Waals surface area contributed by atoms with Gasteiger partial charge in [0.25, 0.3) is 0 Å². The van der Waals surface area contributed by atoms with E-state index in [0.717, 1.165) is 0 Å². The van der Waals surface area contributed by atoms with Crippen LogP contribution in [0.4, 0.5) is 10.5 Å². The molecule has 0 radical (unpaired) electrons. The summed E-state index contributed by atoms with van der Waals surface area (Å²) < 4.78 is 29.3. The molecular weight excluding hydrogens is 564 g/mol. The Hall–Kier alpha value is -2.64. The van der Waals surface area contributed by atoms with Gasteiger partial charge in [0, 0.05) is 33.8 Å². The van der Waals surface area contributed by atoms with Crippen molar-refractivity contribution in [3.05, 3.63) is 57.0 Å². The van der Waals surface area contributed by atoms with Crippen LogP contribution >= 0.6 is 31.9 Å². The van der Waals surface area contributed by atoms with E-state index in [9.17, 15) is 18.5 Å². The smallest absolute Gasteiger partial charge is 0.319 e. The first-order valence-electron chi connectivity index (χ1n) is 9.40. The third kappa shape index (κ3) is 5.99. The van der Waals surface area contributed by atoms with Crippen molar-refractivity contribution in [2.75, 3.05) is 18.4 Å². The molecule has 0 bridgehead atoms. The van der Waals surface area contributed by atoms with Crippen LogP contribution in [0, 0.1) is 22.8 Å². The third-order valence-corrected chi connectivity index (χ3v) is 7.80. The Morgan fingerprint density at radius 1 is 1.19 bits per heavy atom. The molecule has 1 heterocycles. The van der Waals surface area contributed by atoms with Crippen LogP contribution in [-0.4, -0.2) is 44.5 Å². The van der Waals surface area contributed by atoms with Gasteiger partial charge >= 0.3 is 6.03 Å². The second kappa shape index (κ2) is 10.3. The molecule has 2 aromatic carbocycles. The topological polar surface area (TPSA) is 138 Å². The Morgan fingerprint density at radius 2 is 1.97 bits per heavy atom. The molecule has 0 saturated carbocycles. The number of rotatable bonds is 6. The summed E-state index contributed by atoms with van der Waals surface area (Å²) in [6.45, 7) is 0.343. The number of nitrogens with zero attached hydrogens (tertiary/aromatic N) is 3. The SMILES string of the molecule is N#Cc1cccc(NC(=O)NCC2CC(NS(=O)(=O)c3cc(Br)ccc3Br)CN2C#N)c1. The van der Waals surface area contributed by atoms with Crippen LogP contribution in [0.5, 0.6) is 0 Å². The van der Waals surface area contributed by atoms with Crippen molar-refractivity contribution in [3.63, 3.8) is 0 Å². The first kappa shape index (κ1) is 24.0. The molecule has 2 amide bonds. The van der Waals surface area contributed by atoms with E-state index in [1.807, 2.05) is 6.07 Å². The summed E-state index contributed by atoms with van der Waals surface area (Å²) in [5, 5.41) is 23.7. The van der Waals surface area contributed by atoms with Gasteiger partial charge in [-0.05, 0) is 58.7 Å². The average molecular weight is 582 g/mol. The minimum Gasteiger partial charge on any atom is -0.336 e. The lowest BCUT2D eigenvalue weighted by Crippen LogP contribution is -2.39. The highest BCUT2D eigenvalue weighted by Gasteiger charge is 2.35. The number of halogens is 2. The standard InChI is InChI=1S/C20H18Br2N6O3S/c21-14-4-5-18(22)19(7-14)32(30,31)27-16-8-17(28(11-16)12-24)10-25-20(29)26-15-3-1-2-13(6-15)9-23/h1-7,16-17,27H,8,10-11H2,(H2,25,26,29). The van der Waals surface area contributed by atoms with Crippen molar-refractivity contribution in [1.29, 1.82) is 10.5 Å². The van der Waals surface area contributed by atoms with Gasteiger partial charge < -0.3 is 15.5 Å². The Balaban J connectivity index is 1.59. The van der Waals surface area contributed by atoms with Crippen molar-refractivity contribution < 1.29 is 13.2 Å². The fourth-order valence-corrected chi connectivity index (χ4v) is 6.08. The second-order valence-electron chi connectivity index (χ2n) is 7.06. The first-order chi connectivity index (χ1) is 15.2. The predicted octanol–water partition coefficient (Wildman–Crippen LogP) is 3.11. The van der Waals surface area contributed by atoms with E-state index in [-0.39, 0.29) is 24.0 Å². The molecule has 1 saturated heterocycles. The van der Waals surface area contributed by atoms with Crippen LogP contribution in [0.2, 0.25) is 0 Å². The van der Waals surface area contributed by atoms with Crippen LogP contribution in [0.3, 0.4) is 0 Å². The summed E-state index contributed by atoms with van der Waals surface area (Å²) >= 11 is 6.53. The largest absolute Gasteiger partial charge is 0.336 e. The zero-order valence-electron chi connectivity index (χ0n) is 16.5. The first-order valence-corrected chi connectivity index (χ1v) is 12.5. The van der Waals surface area contributed by atoms with Gasteiger partial charge in [0.2, 0.25) is 10.0 Å². The molecule has 2 aromatic rings. The Kier molecular flexibility index (Phi) is 7.74. The maximum atomic E-state index is 12.8. The van der Waals surface area contributed by atoms with Crippen molar-refractivity contribution in [2.24, 2.45) is 0 Å². The maximum absolute atomic E-state index is 12.8. The molecule has 32 heavy (non-hydrogen) atoms. The number of amides is 2. The summed E-state index contributed by atoms with van der Waals surface area (Å²) in [5.74, 6) is 0. The normalized spacial score (nSPS) is 17.9. The van der Waals surface area contributed by atoms with Crippen LogP contribution in [0.1, 0.15) is 12.0 Å². The van der Waals surface area contributed by atoms with Gasteiger partial charge in [-0.2, -0.15) is 10.5 Å². The maximum Gasteiger partial charge on any atom is 0.319 e. The molecule has 0 aromatic heterocycles. The molecule has 3 rings (SSSR count). The van der Waals surface area contributed by atoms with E-state index in [4.69, 9.17) is 5.26 Å². The van der Waals surface area contributed by atoms with E-state index < -0.39 is 22.1 Å². The van der Waals surface area contributed by atoms with Crippen molar-refractivity contribution in [2.45, 2.75) is 23.4 Å². The van der Waals surface area contributed by atoms with Crippen molar-refractivity contribution in [1.82, 2.24) is 14.9 Å². The number of sulfonamides is 1. The van der Waals surface area contributed by atoms with E-state index in [1.54, 1.807) is 36.4 Å². The monoisotopic (exact) mass is 580 g/mol. The van der Waals surface area contributed by atoms with Gasteiger partial charge in [0.05, 0.1) is 22.6 Å². The average Bonchev–Trinajstić information content (AvgIpc) is 3.15. The minimum absolute atomic E-state index is 0.0935. The lowest BCUT2D eigenvalue weighted by Gasteiger charge is -2.18. The number of nitriles is 2. The molecule has 0 spiro atoms. The molecule has 12 heteroatoms. The molecule has 2 unspecified atom stereocenters. The Bertz CT molecular complexity index is 1210. The molecule has 0 aliphatic carbocycles. The molecule has 9 nitrogen and oxygen atoms in total. The van der Waals surface area contributed by atoms with Crippen LogP contribution in [-0.2, 0) is 10.0 Å². The summed E-state index contributed by atoms with van der Waals surface area (Å²) in [7, 11) is -3.82. The highest BCUT2D eigenvalue weighted by atomic mass is 79.9. The second-order valence-corrected chi connectivity index (χ2v) is 10.5. The van der Waals surface area contributed by atoms with Crippen molar-refractivity contribution in [3.8, 4) is 12.3 Å². The number of hydrogen-bond acceptors (Lipinski definition) is 6. The predicted molar refractivity (Wildman–Crippen MR) is 125 cm³/mol. The van der Waals surface area contributed by atoms with Gasteiger partial charge in [-0.15, -0.1) is 0 Å². The van der Waals surface area contributed by atoms with Gasteiger partial charge in [-0.1, -0.05) is 22.0 Å².